The monoisotopic (exact) mass is 390 g/mol. The molecule has 146 valence electrons. The van der Waals surface area contributed by atoms with Crippen molar-refractivity contribution >= 4 is 23.2 Å². The van der Waals surface area contributed by atoms with Gasteiger partial charge in [0.1, 0.15) is 5.69 Å². The second-order valence-corrected chi connectivity index (χ2v) is 7.74. The van der Waals surface area contributed by atoms with Crippen molar-refractivity contribution in [1.82, 2.24) is 19.7 Å². The summed E-state index contributed by atoms with van der Waals surface area (Å²) < 4.78 is 5.38. The molecule has 1 aliphatic heterocycles. The molecule has 0 unspecified atom stereocenters. The Bertz CT molecular complexity index is 775. The lowest BCUT2D eigenvalue weighted by Gasteiger charge is -2.35. The maximum absolute atomic E-state index is 12.9. The van der Waals surface area contributed by atoms with Crippen LogP contribution in [0.3, 0.4) is 0 Å². The number of amides is 2. The highest BCUT2D eigenvalue weighted by Crippen LogP contribution is 2.28. The van der Waals surface area contributed by atoms with Gasteiger partial charge in [0.25, 0.3) is 5.91 Å². The zero-order valence-corrected chi connectivity index (χ0v) is 16.9. The van der Waals surface area contributed by atoms with Crippen molar-refractivity contribution in [3.8, 4) is 10.8 Å². The predicted octanol–water partition coefficient (Wildman–Crippen LogP) is 2.34. The molecule has 1 aliphatic rings. The van der Waals surface area contributed by atoms with Crippen LogP contribution in [0, 0.1) is 6.92 Å². The number of hydrogen-bond donors (Lipinski definition) is 0. The molecule has 3 heterocycles. The van der Waals surface area contributed by atoms with Crippen LogP contribution in [0.1, 0.15) is 29.2 Å². The molecule has 0 bridgehead atoms. The first-order valence-electron chi connectivity index (χ1n) is 9.34. The van der Waals surface area contributed by atoms with E-state index in [0.717, 1.165) is 23.0 Å². The largest absolute Gasteiger partial charge is 0.462 e. The fourth-order valence-electron chi connectivity index (χ4n) is 3.23. The summed E-state index contributed by atoms with van der Waals surface area (Å²) in [5.41, 5.74) is 0.499. The molecule has 0 saturated carbocycles. The fraction of sp³-hybridized carbons (Fsp3) is 0.526. The van der Waals surface area contributed by atoms with E-state index in [4.69, 9.17) is 4.42 Å². The van der Waals surface area contributed by atoms with Crippen LogP contribution in [-0.2, 0) is 4.79 Å². The quantitative estimate of drug-likeness (QED) is 0.757. The molecule has 2 aromatic rings. The zero-order valence-electron chi connectivity index (χ0n) is 16.1. The van der Waals surface area contributed by atoms with Crippen LogP contribution in [0.25, 0.3) is 10.8 Å². The summed E-state index contributed by atoms with van der Waals surface area (Å²) in [4.78, 5) is 36.3. The van der Waals surface area contributed by atoms with Gasteiger partial charge < -0.3 is 14.2 Å². The number of furan rings is 1. The van der Waals surface area contributed by atoms with Crippen LogP contribution >= 0.6 is 11.3 Å². The number of thiazole rings is 1. The molecular formula is C19H26N4O3S. The number of nitrogens with zero attached hydrogens (tertiary/aromatic N) is 4. The lowest BCUT2D eigenvalue weighted by Crippen LogP contribution is -2.51. The number of likely N-dealkylation sites (N-methyl/N-ethyl adjacent to an activating group) is 1. The van der Waals surface area contributed by atoms with Crippen molar-refractivity contribution in [1.29, 1.82) is 0 Å². The normalized spacial score (nSPS) is 15.1. The second kappa shape index (κ2) is 8.67. The van der Waals surface area contributed by atoms with E-state index in [1.54, 1.807) is 6.26 Å². The number of piperazine rings is 1. The summed E-state index contributed by atoms with van der Waals surface area (Å²) in [6, 6.07) is 3.66. The van der Waals surface area contributed by atoms with Crippen molar-refractivity contribution in [2.75, 3.05) is 45.8 Å². The van der Waals surface area contributed by atoms with Gasteiger partial charge in [0.05, 0.1) is 12.8 Å². The molecule has 0 atom stereocenters. The maximum Gasteiger partial charge on any atom is 0.273 e. The minimum atomic E-state index is -0.0451. The molecule has 0 spiro atoms. The van der Waals surface area contributed by atoms with E-state index in [9.17, 15) is 9.59 Å². The Morgan fingerprint density at radius 2 is 1.93 bits per heavy atom. The molecule has 1 fully saturated rings. The Balaban J connectivity index is 1.58. The summed E-state index contributed by atoms with van der Waals surface area (Å²) in [6.07, 6.45) is 1.60. The molecule has 7 nitrogen and oxygen atoms in total. The van der Waals surface area contributed by atoms with Gasteiger partial charge in [0.15, 0.2) is 10.8 Å². The summed E-state index contributed by atoms with van der Waals surface area (Å²) in [6.45, 7) is 10.4. The molecule has 0 radical (unpaired) electrons. The van der Waals surface area contributed by atoms with Gasteiger partial charge in [0, 0.05) is 44.1 Å². The van der Waals surface area contributed by atoms with Crippen LogP contribution in [0.4, 0.5) is 0 Å². The topological polar surface area (TPSA) is 69.9 Å². The van der Waals surface area contributed by atoms with Gasteiger partial charge in [-0.1, -0.05) is 0 Å². The first-order valence-corrected chi connectivity index (χ1v) is 10.2. The summed E-state index contributed by atoms with van der Waals surface area (Å²) >= 11 is 1.47. The van der Waals surface area contributed by atoms with E-state index < -0.39 is 0 Å². The summed E-state index contributed by atoms with van der Waals surface area (Å²) in [7, 11) is 0. The van der Waals surface area contributed by atoms with Crippen LogP contribution < -0.4 is 0 Å². The third-order valence-electron chi connectivity index (χ3n) is 4.87. The highest BCUT2D eigenvalue weighted by Gasteiger charge is 2.27. The van der Waals surface area contributed by atoms with Crippen molar-refractivity contribution in [2.45, 2.75) is 20.8 Å². The zero-order chi connectivity index (χ0) is 19.4. The predicted molar refractivity (Wildman–Crippen MR) is 105 cm³/mol. The van der Waals surface area contributed by atoms with E-state index in [1.807, 2.05) is 42.7 Å². The molecule has 8 heteroatoms. The fourth-order valence-corrected chi connectivity index (χ4v) is 4.10. The van der Waals surface area contributed by atoms with E-state index in [-0.39, 0.29) is 11.8 Å². The molecule has 0 N–H and O–H groups in total. The third-order valence-corrected chi connectivity index (χ3v) is 5.85. The van der Waals surface area contributed by atoms with Gasteiger partial charge in [-0.3, -0.25) is 14.5 Å². The molecule has 27 heavy (non-hydrogen) atoms. The number of aromatic nitrogens is 1. The maximum atomic E-state index is 12.9. The van der Waals surface area contributed by atoms with Crippen molar-refractivity contribution in [3.05, 3.63) is 29.0 Å². The van der Waals surface area contributed by atoms with Crippen molar-refractivity contribution in [3.63, 3.8) is 0 Å². The first-order chi connectivity index (χ1) is 13.0. The van der Waals surface area contributed by atoms with Gasteiger partial charge in [0.2, 0.25) is 5.91 Å². The summed E-state index contributed by atoms with van der Waals surface area (Å²) in [5.74, 6) is 0.788. The average Bonchev–Trinajstić information content (AvgIpc) is 3.32. The molecule has 0 aromatic carbocycles. The van der Waals surface area contributed by atoms with Gasteiger partial charge >= 0.3 is 0 Å². The Kier molecular flexibility index (Phi) is 6.28. The summed E-state index contributed by atoms with van der Waals surface area (Å²) in [5, 5.41) is 0.726. The lowest BCUT2D eigenvalue weighted by molar-refractivity contribution is -0.132. The highest BCUT2D eigenvalue weighted by molar-refractivity contribution is 7.15. The van der Waals surface area contributed by atoms with Crippen LogP contribution in [-0.4, -0.2) is 77.3 Å². The lowest BCUT2D eigenvalue weighted by atomic mass is 10.2. The number of carbonyl (C=O) groups is 2. The Hall–Kier alpha value is -2.19. The molecular weight excluding hydrogens is 364 g/mol. The number of hydrogen-bond acceptors (Lipinski definition) is 6. The average molecular weight is 391 g/mol. The van der Waals surface area contributed by atoms with E-state index >= 15 is 0 Å². The second-order valence-electron chi connectivity index (χ2n) is 6.54. The Morgan fingerprint density at radius 1 is 1.22 bits per heavy atom. The van der Waals surface area contributed by atoms with Gasteiger partial charge in [-0.25, -0.2) is 4.98 Å². The molecule has 1 saturated heterocycles. The first kappa shape index (κ1) is 19.6. The Labute approximate surface area is 163 Å². The molecule has 2 amide bonds. The van der Waals surface area contributed by atoms with Gasteiger partial charge in [-0.05, 0) is 32.9 Å². The minimum absolute atomic E-state index is 0.0451. The smallest absolute Gasteiger partial charge is 0.273 e. The Morgan fingerprint density at radius 3 is 2.52 bits per heavy atom. The minimum Gasteiger partial charge on any atom is -0.462 e. The van der Waals surface area contributed by atoms with Crippen molar-refractivity contribution < 1.29 is 14.0 Å². The highest BCUT2D eigenvalue weighted by atomic mass is 32.1. The molecule has 3 rings (SSSR count). The van der Waals surface area contributed by atoms with Crippen LogP contribution in [0.15, 0.2) is 22.8 Å². The molecule has 2 aromatic heterocycles. The molecule has 0 aliphatic carbocycles. The standard InChI is InChI=1S/C19H26N4O3S/c1-4-22(5-2)16(24)13-21-8-10-23(11-9-21)19(25)17-14(3)27-18(20-17)15-7-6-12-26-15/h6-7,12H,4-5,8-11,13H2,1-3H3. The number of carbonyl (C=O) groups excluding carboxylic acids is 2. The van der Waals surface area contributed by atoms with Crippen LogP contribution in [0.2, 0.25) is 0 Å². The number of aryl methyl sites for hydroxylation is 1. The van der Waals surface area contributed by atoms with Gasteiger partial charge in [-0.2, -0.15) is 0 Å². The third kappa shape index (κ3) is 4.39. The van der Waals surface area contributed by atoms with Crippen molar-refractivity contribution in [2.24, 2.45) is 0 Å². The van der Waals surface area contributed by atoms with E-state index in [2.05, 4.69) is 9.88 Å². The van der Waals surface area contributed by atoms with Crippen LogP contribution in [0.5, 0.6) is 0 Å². The van der Waals surface area contributed by atoms with E-state index in [0.29, 0.717) is 44.2 Å². The van der Waals surface area contributed by atoms with E-state index in [1.165, 1.54) is 11.3 Å². The number of rotatable bonds is 6. The van der Waals surface area contributed by atoms with Gasteiger partial charge in [-0.15, -0.1) is 11.3 Å². The SMILES string of the molecule is CCN(CC)C(=O)CN1CCN(C(=O)c2nc(-c3ccco3)sc2C)CC1.